The van der Waals surface area contributed by atoms with E-state index >= 15 is 0 Å². The third kappa shape index (κ3) is 7.10. The predicted octanol–water partition coefficient (Wildman–Crippen LogP) is 1.87. The van der Waals surface area contributed by atoms with Gasteiger partial charge in [0, 0.05) is 30.8 Å². The van der Waals surface area contributed by atoms with Crippen LogP contribution in [0.1, 0.15) is 41.6 Å². The fourth-order valence-corrected chi connectivity index (χ4v) is 2.73. The maximum absolute atomic E-state index is 12.6. The summed E-state index contributed by atoms with van der Waals surface area (Å²) in [5.41, 5.74) is 6.16. The molecule has 0 spiro atoms. The maximum atomic E-state index is 12.6. The van der Waals surface area contributed by atoms with Gasteiger partial charge in [-0.2, -0.15) is 0 Å². The topological polar surface area (TPSA) is 167 Å². The first kappa shape index (κ1) is 24.4. The van der Waals surface area contributed by atoms with Gasteiger partial charge in [-0.05, 0) is 55.8 Å². The number of carbonyl (C=O) groups excluding carboxylic acids is 2. The highest BCUT2D eigenvalue weighted by Gasteiger charge is 2.18. The van der Waals surface area contributed by atoms with E-state index < -0.39 is 17.8 Å². The summed E-state index contributed by atoms with van der Waals surface area (Å²) in [6.07, 6.45) is 1.55. The Hall–Kier alpha value is -3.92. The second-order valence-corrected chi connectivity index (χ2v) is 6.87. The van der Waals surface area contributed by atoms with Crippen molar-refractivity contribution in [1.82, 2.24) is 4.90 Å². The summed E-state index contributed by atoms with van der Waals surface area (Å²) in [6.45, 7) is 1.65. The Morgan fingerprint density at radius 2 is 1.84 bits per heavy atom. The quantitative estimate of drug-likeness (QED) is 0.134. The average molecular weight is 443 g/mol. The smallest absolute Gasteiger partial charge is 0.379 e. The van der Waals surface area contributed by atoms with Crippen LogP contribution in [0.3, 0.4) is 0 Å². The molecule has 10 heteroatoms. The molecule has 0 radical (unpaired) electrons. The first-order chi connectivity index (χ1) is 15.2. The SMILES string of the molecule is CC(=Cc1ccc(C(=O)Oc2ccc(C(=N)N)cc2)o1)C(=O)N(CCCO)CCC(=O)O. The Labute approximate surface area is 184 Å². The van der Waals surface area contributed by atoms with Crippen LogP contribution in [0.5, 0.6) is 5.75 Å². The number of rotatable bonds is 11. The number of amides is 1. The highest BCUT2D eigenvalue weighted by Crippen LogP contribution is 2.18. The number of furan rings is 1. The van der Waals surface area contributed by atoms with Crippen molar-refractivity contribution in [1.29, 1.82) is 5.41 Å². The molecular weight excluding hydrogens is 418 g/mol. The molecule has 0 aliphatic carbocycles. The van der Waals surface area contributed by atoms with Crippen LogP contribution in [0.2, 0.25) is 0 Å². The number of esters is 1. The summed E-state index contributed by atoms with van der Waals surface area (Å²) in [7, 11) is 0. The van der Waals surface area contributed by atoms with Crippen LogP contribution < -0.4 is 10.5 Å². The second-order valence-electron chi connectivity index (χ2n) is 6.87. The van der Waals surface area contributed by atoms with Gasteiger partial charge < -0.3 is 30.0 Å². The van der Waals surface area contributed by atoms with Crippen molar-refractivity contribution in [2.24, 2.45) is 5.73 Å². The molecule has 1 aromatic heterocycles. The van der Waals surface area contributed by atoms with Gasteiger partial charge >= 0.3 is 11.9 Å². The van der Waals surface area contributed by atoms with Gasteiger partial charge in [0.15, 0.2) is 0 Å². The molecule has 0 aliphatic heterocycles. The predicted molar refractivity (Wildman–Crippen MR) is 115 cm³/mol. The minimum Gasteiger partial charge on any atom is -0.481 e. The zero-order valence-electron chi connectivity index (χ0n) is 17.5. The molecule has 32 heavy (non-hydrogen) atoms. The number of hydrogen-bond acceptors (Lipinski definition) is 7. The molecular formula is C22H25N3O7. The molecule has 0 atom stereocenters. The lowest BCUT2D eigenvalue weighted by molar-refractivity contribution is -0.138. The van der Waals surface area contributed by atoms with Crippen LogP contribution in [0.25, 0.3) is 6.08 Å². The van der Waals surface area contributed by atoms with Gasteiger partial charge in [0.25, 0.3) is 0 Å². The number of carboxylic acids is 1. The number of nitrogens with zero attached hydrogens (tertiary/aromatic N) is 1. The molecule has 0 bridgehead atoms. The van der Waals surface area contributed by atoms with Gasteiger partial charge in [0.05, 0.1) is 6.42 Å². The van der Waals surface area contributed by atoms with Crippen LogP contribution in [-0.4, -0.2) is 58.5 Å². The van der Waals surface area contributed by atoms with Crippen molar-refractivity contribution >= 4 is 29.8 Å². The number of nitrogen functional groups attached to an aromatic ring is 1. The minimum atomic E-state index is -1.03. The van der Waals surface area contributed by atoms with Gasteiger partial charge in [-0.1, -0.05) is 0 Å². The van der Waals surface area contributed by atoms with Crippen molar-refractivity contribution in [2.75, 3.05) is 19.7 Å². The third-order valence-corrected chi connectivity index (χ3v) is 4.37. The van der Waals surface area contributed by atoms with E-state index in [9.17, 15) is 14.4 Å². The van der Waals surface area contributed by atoms with Gasteiger partial charge in [-0.25, -0.2) is 4.79 Å². The molecule has 0 fully saturated rings. The molecule has 170 valence electrons. The van der Waals surface area contributed by atoms with Crippen LogP contribution in [-0.2, 0) is 9.59 Å². The molecule has 1 aromatic carbocycles. The average Bonchev–Trinajstić information content (AvgIpc) is 3.22. The fourth-order valence-electron chi connectivity index (χ4n) is 2.73. The summed E-state index contributed by atoms with van der Waals surface area (Å²) in [5, 5.41) is 25.2. The van der Waals surface area contributed by atoms with E-state index in [1.54, 1.807) is 19.1 Å². The van der Waals surface area contributed by atoms with Crippen molar-refractivity contribution in [2.45, 2.75) is 19.8 Å². The van der Waals surface area contributed by atoms with E-state index in [0.29, 0.717) is 12.0 Å². The summed E-state index contributed by atoms with van der Waals surface area (Å²) in [5.74, 6) is -1.85. The lowest BCUT2D eigenvalue weighted by Gasteiger charge is -2.22. The third-order valence-electron chi connectivity index (χ3n) is 4.37. The largest absolute Gasteiger partial charge is 0.481 e. The van der Waals surface area contributed by atoms with Crippen molar-refractivity contribution < 1.29 is 33.8 Å². The van der Waals surface area contributed by atoms with Crippen LogP contribution >= 0.6 is 0 Å². The molecule has 0 aliphatic rings. The van der Waals surface area contributed by atoms with Crippen LogP contribution in [0, 0.1) is 5.41 Å². The highest BCUT2D eigenvalue weighted by molar-refractivity contribution is 5.97. The Bertz CT molecular complexity index is 1010. The maximum Gasteiger partial charge on any atom is 0.379 e. The standard InChI is InChI=1S/C22H25N3O7/c1-14(21(29)25(10-2-12-26)11-9-19(27)28)13-17-7-8-18(31-17)22(30)32-16-5-3-15(4-6-16)20(23)24/h3-8,13,26H,2,9-12H2,1H3,(H3,23,24)(H,27,28). The number of benzene rings is 1. The molecule has 2 rings (SSSR count). The number of aliphatic hydroxyl groups is 1. The summed E-state index contributed by atoms with van der Waals surface area (Å²) >= 11 is 0. The van der Waals surface area contributed by atoms with Crippen LogP contribution in [0.4, 0.5) is 0 Å². The first-order valence-electron chi connectivity index (χ1n) is 9.78. The zero-order valence-corrected chi connectivity index (χ0v) is 17.5. The normalized spacial score (nSPS) is 11.1. The lowest BCUT2D eigenvalue weighted by Crippen LogP contribution is -2.34. The molecule has 0 saturated heterocycles. The Morgan fingerprint density at radius 1 is 1.16 bits per heavy atom. The first-order valence-corrected chi connectivity index (χ1v) is 9.78. The molecule has 2 aromatic rings. The molecule has 1 amide bonds. The van der Waals surface area contributed by atoms with E-state index in [1.807, 2.05) is 0 Å². The number of nitrogens with two attached hydrogens (primary N) is 1. The minimum absolute atomic E-state index is 0.0114. The monoisotopic (exact) mass is 443 g/mol. The lowest BCUT2D eigenvalue weighted by atomic mass is 10.2. The van der Waals surface area contributed by atoms with Gasteiger partial charge in [0.1, 0.15) is 17.3 Å². The van der Waals surface area contributed by atoms with Gasteiger partial charge in [0.2, 0.25) is 11.7 Å². The Balaban J connectivity index is 2.06. The number of carboxylic acid groups (broad SMARTS) is 1. The number of amidine groups is 1. The fraction of sp³-hybridized carbons (Fsp3) is 0.273. The van der Waals surface area contributed by atoms with Crippen molar-refractivity contribution in [3.63, 3.8) is 0 Å². The second kappa shape index (κ2) is 11.5. The van der Waals surface area contributed by atoms with Crippen molar-refractivity contribution in [3.05, 3.63) is 59.1 Å². The Kier molecular flexibility index (Phi) is 8.72. The van der Waals surface area contributed by atoms with Crippen molar-refractivity contribution in [3.8, 4) is 5.75 Å². The summed E-state index contributed by atoms with van der Waals surface area (Å²) in [4.78, 5) is 37.1. The highest BCUT2D eigenvalue weighted by atomic mass is 16.5. The summed E-state index contributed by atoms with van der Waals surface area (Å²) < 4.78 is 10.7. The van der Waals surface area contributed by atoms with Gasteiger partial charge in [-0.3, -0.25) is 15.0 Å². The zero-order chi connectivity index (χ0) is 23.7. The number of nitrogens with one attached hydrogen (secondary N) is 1. The molecule has 0 unspecified atom stereocenters. The molecule has 10 nitrogen and oxygen atoms in total. The van der Waals surface area contributed by atoms with Gasteiger partial charge in [-0.15, -0.1) is 0 Å². The molecule has 5 N–H and O–H groups in total. The Morgan fingerprint density at radius 3 is 2.44 bits per heavy atom. The number of aliphatic hydroxyl groups excluding tert-OH is 1. The number of carbonyl (C=O) groups is 3. The number of aliphatic carboxylic acids is 1. The van der Waals surface area contributed by atoms with E-state index in [1.165, 1.54) is 35.2 Å². The number of hydrogen-bond donors (Lipinski definition) is 4. The molecule has 0 saturated carbocycles. The summed E-state index contributed by atoms with van der Waals surface area (Å²) in [6, 6.07) is 9.00. The molecule has 1 heterocycles. The van der Waals surface area contributed by atoms with E-state index in [-0.39, 0.29) is 54.8 Å². The number of ether oxygens (including phenoxy) is 1. The van der Waals surface area contributed by atoms with E-state index in [0.717, 1.165) is 0 Å². The van der Waals surface area contributed by atoms with E-state index in [2.05, 4.69) is 0 Å². The van der Waals surface area contributed by atoms with E-state index in [4.69, 9.17) is 30.5 Å². The van der Waals surface area contributed by atoms with Crippen LogP contribution in [0.15, 0.2) is 46.4 Å².